The van der Waals surface area contributed by atoms with Crippen LogP contribution in [-0.4, -0.2) is 27.5 Å². The maximum atomic E-state index is 12.8. The SMILES string of the molecule is Cc1cc(S(N)(=O)=O)cc(NC(=O)c2ccc(-c3ccc4c(c3)OCCO4)s2)c1C. The van der Waals surface area contributed by atoms with Crippen LogP contribution in [0.1, 0.15) is 20.8 Å². The van der Waals surface area contributed by atoms with E-state index in [1.807, 2.05) is 31.2 Å². The molecule has 7 nitrogen and oxygen atoms in total. The molecule has 0 bridgehead atoms. The fourth-order valence-corrected chi connectivity index (χ4v) is 4.64. The van der Waals surface area contributed by atoms with E-state index in [2.05, 4.69) is 5.32 Å². The topological polar surface area (TPSA) is 108 Å². The van der Waals surface area contributed by atoms with Crippen molar-refractivity contribution in [1.82, 2.24) is 0 Å². The molecule has 3 N–H and O–H groups in total. The van der Waals surface area contributed by atoms with Crippen LogP contribution < -0.4 is 19.9 Å². The van der Waals surface area contributed by atoms with Crippen molar-refractivity contribution in [2.45, 2.75) is 18.7 Å². The van der Waals surface area contributed by atoms with Crippen LogP contribution in [-0.2, 0) is 10.0 Å². The number of ether oxygens (including phenoxy) is 2. The van der Waals surface area contributed by atoms with Gasteiger partial charge in [0.15, 0.2) is 11.5 Å². The molecule has 0 spiro atoms. The van der Waals surface area contributed by atoms with E-state index in [-0.39, 0.29) is 10.8 Å². The highest BCUT2D eigenvalue weighted by Crippen LogP contribution is 2.37. The van der Waals surface area contributed by atoms with E-state index in [9.17, 15) is 13.2 Å². The zero-order valence-corrected chi connectivity index (χ0v) is 18.0. The lowest BCUT2D eigenvalue weighted by atomic mass is 10.1. The fraction of sp³-hybridized carbons (Fsp3) is 0.190. The van der Waals surface area contributed by atoms with Gasteiger partial charge in [-0.3, -0.25) is 4.79 Å². The summed E-state index contributed by atoms with van der Waals surface area (Å²) in [6, 6.07) is 12.1. The summed E-state index contributed by atoms with van der Waals surface area (Å²) >= 11 is 1.33. The number of primary sulfonamides is 1. The first-order chi connectivity index (χ1) is 14.2. The van der Waals surface area contributed by atoms with Crippen molar-refractivity contribution in [3.8, 4) is 21.9 Å². The Balaban J connectivity index is 1.59. The first kappa shape index (κ1) is 20.4. The largest absolute Gasteiger partial charge is 0.486 e. The minimum absolute atomic E-state index is 0.0379. The van der Waals surface area contributed by atoms with Gasteiger partial charge in [0.05, 0.1) is 9.77 Å². The molecule has 1 aromatic heterocycles. The first-order valence-corrected chi connectivity index (χ1v) is 11.5. The van der Waals surface area contributed by atoms with Crippen molar-refractivity contribution in [2.75, 3.05) is 18.5 Å². The molecule has 4 rings (SSSR count). The molecule has 1 aliphatic rings. The van der Waals surface area contributed by atoms with Crippen LogP contribution in [0.25, 0.3) is 10.4 Å². The maximum Gasteiger partial charge on any atom is 0.265 e. The second-order valence-corrected chi connectivity index (χ2v) is 9.58. The molecule has 0 radical (unpaired) electrons. The van der Waals surface area contributed by atoms with Gasteiger partial charge in [0, 0.05) is 10.6 Å². The average Bonchev–Trinajstić information content (AvgIpc) is 3.20. The lowest BCUT2D eigenvalue weighted by Gasteiger charge is -2.18. The number of hydrogen-bond acceptors (Lipinski definition) is 6. The van der Waals surface area contributed by atoms with Gasteiger partial charge in [0.1, 0.15) is 13.2 Å². The van der Waals surface area contributed by atoms with Gasteiger partial charge in [0.25, 0.3) is 5.91 Å². The first-order valence-electron chi connectivity index (χ1n) is 9.17. The van der Waals surface area contributed by atoms with Gasteiger partial charge in [0.2, 0.25) is 10.0 Å². The van der Waals surface area contributed by atoms with Crippen molar-refractivity contribution >= 4 is 33.0 Å². The fourth-order valence-electron chi connectivity index (χ4n) is 3.12. The predicted octanol–water partition coefficient (Wildman–Crippen LogP) is 3.70. The molecular weight excluding hydrogens is 424 g/mol. The van der Waals surface area contributed by atoms with Gasteiger partial charge in [-0.2, -0.15) is 0 Å². The normalized spacial score (nSPS) is 13.2. The highest BCUT2D eigenvalue weighted by Gasteiger charge is 2.17. The summed E-state index contributed by atoms with van der Waals surface area (Å²) < 4.78 is 34.6. The minimum Gasteiger partial charge on any atom is -0.486 e. The Kier molecular flexibility index (Phi) is 5.27. The molecular formula is C21H20N2O5S2. The maximum absolute atomic E-state index is 12.8. The zero-order chi connectivity index (χ0) is 21.5. The van der Waals surface area contributed by atoms with Crippen molar-refractivity contribution < 1.29 is 22.7 Å². The van der Waals surface area contributed by atoms with E-state index in [0.29, 0.717) is 35.3 Å². The average molecular weight is 445 g/mol. The highest BCUT2D eigenvalue weighted by atomic mass is 32.2. The Labute approximate surface area is 178 Å². The van der Waals surface area contributed by atoms with Gasteiger partial charge in [-0.25, -0.2) is 13.6 Å². The van der Waals surface area contributed by atoms with E-state index >= 15 is 0 Å². The third kappa shape index (κ3) is 4.04. The number of aryl methyl sites for hydroxylation is 1. The standard InChI is InChI=1S/C21H20N2O5S2/c1-12-9-15(30(22,25)26)11-16(13(12)2)23-21(24)20-6-5-19(29-20)14-3-4-17-18(10-14)28-8-7-27-17/h3-6,9-11H,7-8H2,1-2H3,(H,23,24)(H2,22,25,26). The van der Waals surface area contributed by atoms with E-state index in [1.54, 1.807) is 13.0 Å². The number of carbonyl (C=O) groups excluding carboxylic acids is 1. The number of nitrogens with two attached hydrogens (primary N) is 1. The smallest absolute Gasteiger partial charge is 0.265 e. The third-order valence-electron chi connectivity index (χ3n) is 4.87. The second-order valence-electron chi connectivity index (χ2n) is 6.93. The van der Waals surface area contributed by atoms with Crippen LogP contribution in [0.2, 0.25) is 0 Å². The molecule has 1 amide bonds. The summed E-state index contributed by atoms with van der Waals surface area (Å²) in [4.78, 5) is 14.2. The van der Waals surface area contributed by atoms with Crippen LogP contribution in [0.4, 0.5) is 5.69 Å². The summed E-state index contributed by atoms with van der Waals surface area (Å²) in [6.45, 7) is 4.61. The highest BCUT2D eigenvalue weighted by molar-refractivity contribution is 7.89. The molecule has 0 unspecified atom stereocenters. The number of thiophene rings is 1. The van der Waals surface area contributed by atoms with Crippen molar-refractivity contribution in [1.29, 1.82) is 0 Å². The molecule has 0 saturated heterocycles. The number of sulfonamides is 1. The van der Waals surface area contributed by atoms with Gasteiger partial charge in [-0.1, -0.05) is 0 Å². The van der Waals surface area contributed by atoms with E-state index in [4.69, 9.17) is 14.6 Å². The number of fused-ring (bicyclic) bond motifs is 1. The Hall–Kier alpha value is -2.88. The minimum atomic E-state index is -3.88. The molecule has 2 aromatic carbocycles. The number of anilines is 1. The zero-order valence-electron chi connectivity index (χ0n) is 16.4. The molecule has 0 atom stereocenters. The monoisotopic (exact) mass is 444 g/mol. The number of rotatable bonds is 4. The van der Waals surface area contributed by atoms with Gasteiger partial charge < -0.3 is 14.8 Å². The summed E-state index contributed by atoms with van der Waals surface area (Å²) in [5, 5.41) is 8.05. The Morgan fingerprint density at radius 3 is 2.50 bits per heavy atom. The lowest BCUT2D eigenvalue weighted by Crippen LogP contribution is -2.15. The van der Waals surface area contributed by atoms with E-state index < -0.39 is 10.0 Å². The van der Waals surface area contributed by atoms with E-state index in [0.717, 1.165) is 21.6 Å². The quantitative estimate of drug-likeness (QED) is 0.638. The summed E-state index contributed by atoms with van der Waals surface area (Å²) in [6.07, 6.45) is 0. The van der Waals surface area contributed by atoms with E-state index in [1.165, 1.54) is 23.5 Å². The number of carbonyl (C=O) groups is 1. The summed E-state index contributed by atoms with van der Waals surface area (Å²) in [5.74, 6) is 1.07. The summed E-state index contributed by atoms with van der Waals surface area (Å²) in [5.41, 5.74) is 2.84. The van der Waals surface area contributed by atoms with Gasteiger partial charge >= 0.3 is 0 Å². The van der Waals surface area contributed by atoms with Crippen molar-refractivity contribution in [3.63, 3.8) is 0 Å². The Morgan fingerprint density at radius 1 is 1.03 bits per heavy atom. The molecule has 0 saturated carbocycles. The molecule has 0 fully saturated rings. The van der Waals surface area contributed by atoms with Crippen molar-refractivity contribution in [3.05, 3.63) is 58.5 Å². The molecule has 3 aromatic rings. The lowest BCUT2D eigenvalue weighted by molar-refractivity contribution is 0.103. The van der Waals surface area contributed by atoms with Gasteiger partial charge in [-0.15, -0.1) is 11.3 Å². The van der Waals surface area contributed by atoms with Crippen molar-refractivity contribution in [2.24, 2.45) is 5.14 Å². The molecule has 156 valence electrons. The molecule has 1 aliphatic heterocycles. The number of nitrogens with one attached hydrogen (secondary N) is 1. The second kappa shape index (κ2) is 7.75. The Morgan fingerprint density at radius 2 is 1.77 bits per heavy atom. The number of benzene rings is 2. The molecule has 2 heterocycles. The van der Waals surface area contributed by atoms with Crippen LogP contribution in [0, 0.1) is 13.8 Å². The van der Waals surface area contributed by atoms with Crippen LogP contribution in [0.3, 0.4) is 0 Å². The molecule has 30 heavy (non-hydrogen) atoms. The van der Waals surface area contributed by atoms with Gasteiger partial charge in [-0.05, 0) is 73.0 Å². The molecule has 0 aliphatic carbocycles. The van der Waals surface area contributed by atoms with Crippen LogP contribution >= 0.6 is 11.3 Å². The Bertz CT molecular complexity index is 1250. The summed E-state index contributed by atoms with van der Waals surface area (Å²) in [7, 11) is -3.88. The third-order valence-corrected chi connectivity index (χ3v) is 6.90. The molecule has 9 heteroatoms. The predicted molar refractivity (Wildman–Crippen MR) is 116 cm³/mol. The van der Waals surface area contributed by atoms with Crippen LogP contribution in [0.5, 0.6) is 11.5 Å². The number of hydrogen-bond donors (Lipinski definition) is 2. The number of amides is 1. The van der Waals surface area contributed by atoms with Crippen LogP contribution in [0.15, 0.2) is 47.4 Å².